The zero-order chi connectivity index (χ0) is 17.7. The predicted molar refractivity (Wildman–Crippen MR) is 96.7 cm³/mol. The van der Waals surface area contributed by atoms with Gasteiger partial charge in [-0.25, -0.2) is 14.6 Å². The zero-order valence-electron chi connectivity index (χ0n) is 14.3. The number of benzene rings is 1. The van der Waals surface area contributed by atoms with Crippen molar-refractivity contribution in [2.24, 2.45) is 5.92 Å². The van der Waals surface area contributed by atoms with Crippen molar-refractivity contribution in [3.8, 4) is 11.3 Å². The van der Waals surface area contributed by atoms with Gasteiger partial charge in [-0.05, 0) is 31.0 Å². The second-order valence-electron chi connectivity index (χ2n) is 6.47. The minimum absolute atomic E-state index is 0.138. The van der Waals surface area contributed by atoms with Crippen LogP contribution in [0.4, 0.5) is 11.8 Å². The lowest BCUT2D eigenvalue weighted by Gasteiger charge is -2.16. The number of anilines is 2. The van der Waals surface area contributed by atoms with Gasteiger partial charge >= 0.3 is 0 Å². The molecule has 4 rings (SSSR count). The van der Waals surface area contributed by atoms with E-state index in [0.29, 0.717) is 22.8 Å². The molecule has 1 atom stereocenters. The summed E-state index contributed by atoms with van der Waals surface area (Å²) in [6.45, 7) is 6.40. The third-order valence-corrected chi connectivity index (χ3v) is 4.55. The first-order valence-corrected chi connectivity index (χ1v) is 8.11. The quantitative estimate of drug-likeness (QED) is 0.589. The van der Waals surface area contributed by atoms with Crippen molar-refractivity contribution in [1.29, 1.82) is 0 Å². The molecule has 0 saturated carbocycles. The van der Waals surface area contributed by atoms with Gasteiger partial charge in [0.2, 0.25) is 0 Å². The van der Waals surface area contributed by atoms with Crippen LogP contribution in [-0.2, 0) is 0 Å². The number of aromatic nitrogens is 5. The van der Waals surface area contributed by atoms with Crippen LogP contribution in [0, 0.1) is 5.92 Å². The van der Waals surface area contributed by atoms with E-state index in [2.05, 4.69) is 35.7 Å². The van der Waals surface area contributed by atoms with Crippen molar-refractivity contribution in [1.82, 2.24) is 24.7 Å². The number of nitrogen functional groups attached to an aromatic ring is 2. The molecule has 8 heteroatoms. The topological polar surface area (TPSA) is 122 Å². The third-order valence-electron chi connectivity index (χ3n) is 4.55. The molecular formula is C17H19N7O. The molecule has 0 aliphatic rings. The van der Waals surface area contributed by atoms with Gasteiger partial charge in [-0.2, -0.15) is 10.1 Å². The minimum Gasteiger partial charge on any atom is -0.424 e. The molecule has 0 saturated heterocycles. The summed E-state index contributed by atoms with van der Waals surface area (Å²) in [5, 5.41) is 5.54. The highest BCUT2D eigenvalue weighted by Crippen LogP contribution is 2.34. The van der Waals surface area contributed by atoms with Gasteiger partial charge in [-0.1, -0.05) is 13.8 Å². The molecule has 4 aromatic rings. The largest absolute Gasteiger partial charge is 0.424 e. The normalized spacial score (nSPS) is 13.1. The van der Waals surface area contributed by atoms with Crippen LogP contribution in [0.5, 0.6) is 0 Å². The highest BCUT2D eigenvalue weighted by Gasteiger charge is 2.22. The van der Waals surface area contributed by atoms with Crippen LogP contribution < -0.4 is 11.5 Å². The summed E-state index contributed by atoms with van der Waals surface area (Å²) in [6, 6.07) is 5.92. The standard InChI is InChI=1S/C17H19N7O/c1-8(2)9(3)24-16-13(15(18)20-7-21-16)14(23-24)10-4-5-12-11(6-10)22-17(19)25-12/h4-9H,1-3H3,(H2,19,22)(H2,18,20,21). The number of hydrogen-bond acceptors (Lipinski definition) is 7. The fourth-order valence-corrected chi connectivity index (χ4v) is 2.86. The number of rotatable bonds is 3. The summed E-state index contributed by atoms with van der Waals surface area (Å²) < 4.78 is 7.25. The van der Waals surface area contributed by atoms with Gasteiger partial charge in [0.05, 0.1) is 11.4 Å². The number of nitrogens with zero attached hydrogens (tertiary/aromatic N) is 5. The summed E-state index contributed by atoms with van der Waals surface area (Å²) in [6.07, 6.45) is 1.47. The van der Waals surface area contributed by atoms with E-state index >= 15 is 0 Å². The fraction of sp³-hybridized carbons (Fsp3) is 0.294. The molecule has 0 amide bonds. The Hall–Kier alpha value is -3.16. The van der Waals surface area contributed by atoms with Gasteiger partial charge < -0.3 is 15.9 Å². The van der Waals surface area contributed by atoms with Crippen molar-refractivity contribution < 1.29 is 4.42 Å². The Labute approximate surface area is 143 Å². The molecule has 0 fully saturated rings. The summed E-state index contributed by atoms with van der Waals surface area (Å²) in [7, 11) is 0. The average molecular weight is 337 g/mol. The Balaban J connectivity index is 1.99. The lowest BCUT2D eigenvalue weighted by molar-refractivity contribution is 0.384. The minimum atomic E-state index is 0.138. The molecule has 128 valence electrons. The molecule has 0 aliphatic heterocycles. The van der Waals surface area contributed by atoms with Gasteiger partial charge in [-0.3, -0.25) is 0 Å². The average Bonchev–Trinajstić information content (AvgIpc) is 3.13. The van der Waals surface area contributed by atoms with E-state index in [1.807, 2.05) is 22.9 Å². The molecule has 0 aliphatic carbocycles. The number of oxazole rings is 1. The molecule has 3 heterocycles. The van der Waals surface area contributed by atoms with Crippen molar-refractivity contribution in [2.45, 2.75) is 26.8 Å². The molecular weight excluding hydrogens is 318 g/mol. The first-order chi connectivity index (χ1) is 12.0. The molecule has 25 heavy (non-hydrogen) atoms. The van der Waals surface area contributed by atoms with Gasteiger partial charge in [-0.15, -0.1) is 0 Å². The highest BCUT2D eigenvalue weighted by molar-refractivity contribution is 5.99. The summed E-state index contributed by atoms with van der Waals surface area (Å²) in [5.74, 6) is 0.798. The van der Waals surface area contributed by atoms with Gasteiger partial charge in [0.25, 0.3) is 6.01 Å². The third kappa shape index (κ3) is 2.37. The van der Waals surface area contributed by atoms with E-state index < -0.39 is 0 Å². The van der Waals surface area contributed by atoms with Crippen molar-refractivity contribution in [3.63, 3.8) is 0 Å². The Kier molecular flexibility index (Phi) is 3.34. The van der Waals surface area contributed by atoms with Crippen LogP contribution in [0.2, 0.25) is 0 Å². The molecule has 8 nitrogen and oxygen atoms in total. The molecule has 1 aromatic carbocycles. The van der Waals surface area contributed by atoms with Crippen LogP contribution in [-0.4, -0.2) is 24.7 Å². The van der Waals surface area contributed by atoms with E-state index in [4.69, 9.17) is 21.0 Å². The number of nitrogens with two attached hydrogens (primary N) is 2. The second-order valence-corrected chi connectivity index (χ2v) is 6.47. The Morgan fingerprint density at radius 1 is 1.12 bits per heavy atom. The summed E-state index contributed by atoms with van der Waals surface area (Å²) in [4.78, 5) is 12.7. The van der Waals surface area contributed by atoms with E-state index in [-0.39, 0.29) is 12.1 Å². The highest BCUT2D eigenvalue weighted by atomic mass is 16.4. The predicted octanol–water partition coefficient (Wildman–Crippen LogP) is 3.02. The Morgan fingerprint density at radius 2 is 1.92 bits per heavy atom. The van der Waals surface area contributed by atoms with Gasteiger partial charge in [0.15, 0.2) is 11.2 Å². The smallest absolute Gasteiger partial charge is 0.292 e. The monoisotopic (exact) mass is 337 g/mol. The number of hydrogen-bond donors (Lipinski definition) is 2. The zero-order valence-corrected chi connectivity index (χ0v) is 14.3. The maximum Gasteiger partial charge on any atom is 0.292 e. The SMILES string of the molecule is CC(C)C(C)n1nc(-c2ccc3oc(N)nc3c2)c2c(N)ncnc21. The molecule has 3 aromatic heterocycles. The van der Waals surface area contributed by atoms with Crippen molar-refractivity contribution in [2.75, 3.05) is 11.5 Å². The summed E-state index contributed by atoms with van der Waals surface area (Å²) >= 11 is 0. The van der Waals surface area contributed by atoms with Crippen LogP contribution in [0.3, 0.4) is 0 Å². The van der Waals surface area contributed by atoms with Gasteiger partial charge in [0.1, 0.15) is 23.4 Å². The fourth-order valence-electron chi connectivity index (χ4n) is 2.86. The van der Waals surface area contributed by atoms with Crippen LogP contribution in [0.1, 0.15) is 26.8 Å². The van der Waals surface area contributed by atoms with E-state index in [1.165, 1.54) is 6.33 Å². The number of fused-ring (bicyclic) bond motifs is 2. The second kappa shape index (κ2) is 5.44. The first-order valence-electron chi connectivity index (χ1n) is 8.11. The van der Waals surface area contributed by atoms with Crippen molar-refractivity contribution >= 4 is 34.0 Å². The maximum atomic E-state index is 6.14. The molecule has 0 radical (unpaired) electrons. The van der Waals surface area contributed by atoms with E-state index in [0.717, 1.165) is 22.3 Å². The van der Waals surface area contributed by atoms with Crippen LogP contribution >= 0.6 is 0 Å². The summed E-state index contributed by atoms with van der Waals surface area (Å²) in [5.41, 5.74) is 15.4. The first kappa shape index (κ1) is 15.4. The maximum absolute atomic E-state index is 6.14. The van der Waals surface area contributed by atoms with Crippen molar-refractivity contribution in [3.05, 3.63) is 24.5 Å². The molecule has 4 N–H and O–H groups in total. The Bertz CT molecular complexity index is 1080. The Morgan fingerprint density at radius 3 is 2.68 bits per heavy atom. The van der Waals surface area contributed by atoms with Crippen LogP contribution in [0.15, 0.2) is 28.9 Å². The van der Waals surface area contributed by atoms with Crippen LogP contribution in [0.25, 0.3) is 33.4 Å². The lowest BCUT2D eigenvalue weighted by Crippen LogP contribution is -2.13. The van der Waals surface area contributed by atoms with E-state index in [1.54, 1.807) is 0 Å². The molecule has 1 unspecified atom stereocenters. The lowest BCUT2D eigenvalue weighted by atomic mass is 10.1. The molecule has 0 bridgehead atoms. The van der Waals surface area contributed by atoms with E-state index in [9.17, 15) is 0 Å². The van der Waals surface area contributed by atoms with Gasteiger partial charge in [0, 0.05) is 5.56 Å². The molecule has 0 spiro atoms.